The zero-order valence-electron chi connectivity index (χ0n) is 14.2. The van der Waals surface area contributed by atoms with Gasteiger partial charge in [-0.05, 0) is 31.9 Å². The number of nitrogens with two attached hydrogens (primary N) is 1. The molecule has 0 bridgehead atoms. The minimum Gasteiger partial charge on any atom is -0.465 e. The van der Waals surface area contributed by atoms with Crippen LogP contribution in [0, 0.1) is 5.92 Å². The molecule has 0 aliphatic carbocycles. The molecule has 142 valence electrons. The second kappa shape index (κ2) is 11.9. The molecule has 7 nitrogen and oxygen atoms in total. The van der Waals surface area contributed by atoms with Gasteiger partial charge in [0.1, 0.15) is 6.04 Å². The molecule has 3 N–H and O–H groups in total. The highest BCUT2D eigenvalue weighted by molar-refractivity contribution is 5.85. The number of amides is 1. The van der Waals surface area contributed by atoms with Crippen LogP contribution < -0.4 is 16.0 Å². The Morgan fingerprint density at radius 3 is 2.48 bits per heavy atom. The van der Waals surface area contributed by atoms with Crippen LogP contribution in [0.25, 0.3) is 0 Å². The number of hydrogen-bond donors (Lipinski definition) is 2. The molecule has 1 unspecified atom stereocenters. The summed E-state index contributed by atoms with van der Waals surface area (Å²) in [4.78, 5) is 29.9. The summed E-state index contributed by atoms with van der Waals surface area (Å²) in [5.41, 5.74) is 6.80. The maximum atomic E-state index is 12.2. The van der Waals surface area contributed by atoms with Crippen molar-refractivity contribution in [2.24, 2.45) is 11.7 Å². The summed E-state index contributed by atoms with van der Waals surface area (Å²) < 4.78 is 4.82. The number of anilines is 1. The first-order valence-corrected chi connectivity index (χ1v) is 7.96. The summed E-state index contributed by atoms with van der Waals surface area (Å²) >= 11 is 0. The minimum absolute atomic E-state index is 0. The topological polar surface area (TPSA) is 97.5 Å². The second-order valence-electron chi connectivity index (χ2n) is 5.57. The van der Waals surface area contributed by atoms with Crippen LogP contribution in [-0.4, -0.2) is 49.1 Å². The molecule has 1 saturated heterocycles. The SMILES string of the molecule is CCOC(=O)C(N)CNC(=O)C1CCN(c2ccncc2)CC1.Cl.Cl. The van der Waals surface area contributed by atoms with Gasteiger partial charge in [-0.3, -0.25) is 14.6 Å². The average Bonchev–Trinajstić information content (AvgIpc) is 2.60. The van der Waals surface area contributed by atoms with Crippen LogP contribution >= 0.6 is 24.8 Å². The normalized spacial score (nSPS) is 15.4. The number of aromatic nitrogens is 1. The molecule has 2 heterocycles. The van der Waals surface area contributed by atoms with Crippen molar-refractivity contribution >= 4 is 42.4 Å². The molecular formula is C16H26Cl2N4O3. The number of pyridine rings is 1. The summed E-state index contributed by atoms with van der Waals surface area (Å²) in [7, 11) is 0. The van der Waals surface area contributed by atoms with E-state index >= 15 is 0 Å². The lowest BCUT2D eigenvalue weighted by Gasteiger charge is -2.33. The Labute approximate surface area is 160 Å². The molecule has 0 spiro atoms. The number of esters is 1. The predicted molar refractivity (Wildman–Crippen MR) is 101 cm³/mol. The Kier molecular flexibility index (Phi) is 11.1. The van der Waals surface area contributed by atoms with E-state index < -0.39 is 12.0 Å². The van der Waals surface area contributed by atoms with Crippen molar-refractivity contribution in [3.8, 4) is 0 Å². The number of hydrogen-bond acceptors (Lipinski definition) is 6. The fourth-order valence-corrected chi connectivity index (χ4v) is 2.64. The Hall–Kier alpha value is -1.57. The predicted octanol–water partition coefficient (Wildman–Crippen LogP) is 1.15. The van der Waals surface area contributed by atoms with E-state index in [9.17, 15) is 9.59 Å². The van der Waals surface area contributed by atoms with Crippen molar-refractivity contribution in [3.63, 3.8) is 0 Å². The van der Waals surface area contributed by atoms with E-state index in [0.717, 1.165) is 31.6 Å². The molecule has 1 aromatic heterocycles. The summed E-state index contributed by atoms with van der Waals surface area (Å²) in [6, 6.07) is 3.13. The highest BCUT2D eigenvalue weighted by Gasteiger charge is 2.26. The first kappa shape index (κ1) is 23.4. The molecule has 1 fully saturated rings. The number of carbonyl (C=O) groups excluding carboxylic acids is 2. The molecule has 1 amide bonds. The standard InChI is InChI=1S/C16H24N4O3.2ClH/c1-2-23-16(22)14(17)11-19-15(21)12-5-9-20(10-6-12)13-3-7-18-8-4-13;;/h3-4,7-8,12,14H,2,5-6,9-11,17H2,1H3,(H,19,21);2*1H. The third-order valence-corrected chi connectivity index (χ3v) is 3.98. The highest BCUT2D eigenvalue weighted by atomic mass is 35.5. The van der Waals surface area contributed by atoms with Crippen LogP contribution in [0.5, 0.6) is 0 Å². The number of carbonyl (C=O) groups is 2. The average molecular weight is 393 g/mol. The maximum absolute atomic E-state index is 12.2. The molecule has 1 aliphatic heterocycles. The van der Waals surface area contributed by atoms with Gasteiger partial charge in [-0.15, -0.1) is 24.8 Å². The van der Waals surface area contributed by atoms with Crippen LogP contribution in [0.15, 0.2) is 24.5 Å². The number of piperidine rings is 1. The first-order chi connectivity index (χ1) is 11.1. The Morgan fingerprint density at radius 1 is 1.32 bits per heavy atom. The van der Waals surface area contributed by atoms with E-state index in [-0.39, 0.29) is 49.8 Å². The lowest BCUT2D eigenvalue weighted by atomic mass is 9.95. The van der Waals surface area contributed by atoms with E-state index in [1.807, 2.05) is 12.1 Å². The van der Waals surface area contributed by atoms with E-state index in [4.69, 9.17) is 10.5 Å². The van der Waals surface area contributed by atoms with Crippen LogP contribution in [0.4, 0.5) is 5.69 Å². The Bertz CT molecular complexity index is 525. The van der Waals surface area contributed by atoms with Gasteiger partial charge in [-0.2, -0.15) is 0 Å². The molecule has 1 atom stereocenters. The van der Waals surface area contributed by atoms with E-state index in [0.29, 0.717) is 0 Å². The number of halogens is 2. The molecule has 0 saturated carbocycles. The summed E-state index contributed by atoms with van der Waals surface area (Å²) in [6.07, 6.45) is 5.10. The zero-order chi connectivity index (χ0) is 16.7. The zero-order valence-corrected chi connectivity index (χ0v) is 15.9. The molecule has 2 rings (SSSR count). The quantitative estimate of drug-likeness (QED) is 0.704. The number of ether oxygens (including phenoxy) is 1. The third kappa shape index (κ3) is 7.05. The van der Waals surface area contributed by atoms with Crippen molar-refractivity contribution in [2.75, 3.05) is 31.1 Å². The summed E-state index contributed by atoms with van der Waals surface area (Å²) in [5.74, 6) is -0.568. The smallest absolute Gasteiger partial charge is 0.324 e. The Balaban J connectivity index is 0.00000288. The van der Waals surface area contributed by atoms with Gasteiger partial charge in [0, 0.05) is 43.6 Å². The van der Waals surface area contributed by atoms with Crippen molar-refractivity contribution in [1.82, 2.24) is 10.3 Å². The van der Waals surface area contributed by atoms with Gasteiger partial charge < -0.3 is 20.7 Å². The first-order valence-electron chi connectivity index (χ1n) is 7.96. The van der Waals surface area contributed by atoms with Gasteiger partial charge in [-0.1, -0.05) is 0 Å². The van der Waals surface area contributed by atoms with Gasteiger partial charge in [0.2, 0.25) is 5.91 Å². The summed E-state index contributed by atoms with van der Waals surface area (Å²) in [6.45, 7) is 3.77. The van der Waals surface area contributed by atoms with E-state index in [1.165, 1.54) is 0 Å². The van der Waals surface area contributed by atoms with Crippen molar-refractivity contribution in [2.45, 2.75) is 25.8 Å². The molecule has 25 heavy (non-hydrogen) atoms. The third-order valence-electron chi connectivity index (χ3n) is 3.98. The van der Waals surface area contributed by atoms with Gasteiger partial charge in [0.05, 0.1) is 6.61 Å². The fraction of sp³-hybridized carbons (Fsp3) is 0.562. The van der Waals surface area contributed by atoms with E-state index in [1.54, 1.807) is 19.3 Å². The monoisotopic (exact) mass is 392 g/mol. The highest BCUT2D eigenvalue weighted by Crippen LogP contribution is 2.22. The number of nitrogens with zero attached hydrogens (tertiary/aromatic N) is 2. The van der Waals surface area contributed by atoms with Crippen LogP contribution in [0.2, 0.25) is 0 Å². The lowest BCUT2D eigenvalue weighted by molar-refractivity contribution is -0.144. The Morgan fingerprint density at radius 2 is 1.92 bits per heavy atom. The van der Waals surface area contributed by atoms with Crippen molar-refractivity contribution in [3.05, 3.63) is 24.5 Å². The molecular weight excluding hydrogens is 367 g/mol. The molecule has 1 aliphatic rings. The fourth-order valence-electron chi connectivity index (χ4n) is 2.64. The number of nitrogens with one attached hydrogen (secondary N) is 1. The van der Waals surface area contributed by atoms with Crippen molar-refractivity contribution in [1.29, 1.82) is 0 Å². The van der Waals surface area contributed by atoms with Gasteiger partial charge >= 0.3 is 5.97 Å². The lowest BCUT2D eigenvalue weighted by Crippen LogP contribution is -2.47. The van der Waals surface area contributed by atoms with E-state index in [2.05, 4.69) is 15.2 Å². The number of rotatable bonds is 6. The summed E-state index contributed by atoms with van der Waals surface area (Å²) in [5, 5.41) is 2.75. The van der Waals surface area contributed by atoms with Crippen LogP contribution in [0.1, 0.15) is 19.8 Å². The molecule has 0 radical (unpaired) electrons. The largest absolute Gasteiger partial charge is 0.465 e. The van der Waals surface area contributed by atoms with Gasteiger partial charge in [-0.25, -0.2) is 0 Å². The maximum Gasteiger partial charge on any atom is 0.324 e. The van der Waals surface area contributed by atoms with Crippen LogP contribution in [-0.2, 0) is 14.3 Å². The van der Waals surface area contributed by atoms with Gasteiger partial charge in [0.15, 0.2) is 0 Å². The molecule has 9 heteroatoms. The molecule has 1 aromatic rings. The molecule has 0 aromatic carbocycles. The van der Waals surface area contributed by atoms with Crippen LogP contribution in [0.3, 0.4) is 0 Å². The van der Waals surface area contributed by atoms with Crippen molar-refractivity contribution < 1.29 is 14.3 Å². The van der Waals surface area contributed by atoms with Gasteiger partial charge in [0.25, 0.3) is 0 Å². The second-order valence-corrected chi connectivity index (χ2v) is 5.57. The minimum atomic E-state index is -0.809.